The number of hydrogen-bond donors (Lipinski definition) is 2. The van der Waals surface area contributed by atoms with Gasteiger partial charge in [-0.25, -0.2) is 8.42 Å². The van der Waals surface area contributed by atoms with Gasteiger partial charge in [-0.15, -0.1) is 0 Å². The highest BCUT2D eigenvalue weighted by molar-refractivity contribution is 9.11. The van der Waals surface area contributed by atoms with Crippen LogP contribution < -0.4 is 4.72 Å². The largest absolute Gasteiger partial charge is 0.392 e. The maximum Gasteiger partial charge on any atom is 0.262 e. The highest BCUT2D eigenvalue weighted by Gasteiger charge is 2.20. The average molecular weight is 435 g/mol. The summed E-state index contributed by atoms with van der Waals surface area (Å²) in [6.07, 6.45) is 0. The van der Waals surface area contributed by atoms with E-state index in [1.54, 1.807) is 37.3 Å². The van der Waals surface area contributed by atoms with Crippen molar-refractivity contribution >= 4 is 47.6 Å². The molecule has 112 valence electrons. The van der Waals surface area contributed by atoms with E-state index in [0.29, 0.717) is 25.8 Å². The van der Waals surface area contributed by atoms with E-state index in [0.717, 1.165) is 0 Å². The molecule has 0 heterocycles. The minimum absolute atomic E-state index is 0.150. The van der Waals surface area contributed by atoms with Gasteiger partial charge in [0.05, 0.1) is 17.2 Å². The molecule has 0 aromatic heterocycles. The second-order valence-electron chi connectivity index (χ2n) is 4.46. The average Bonchev–Trinajstić information content (AvgIpc) is 2.43. The summed E-state index contributed by atoms with van der Waals surface area (Å²) in [6, 6.07) is 10.1. The standard InChI is InChI=1S/C14H13Br2NO3S/c1-9-5-6-10(8-18)7-13(9)21(19,20)17-14-11(15)3-2-4-12(14)16/h2-7,17-18H,8H2,1H3. The molecule has 0 amide bonds. The van der Waals surface area contributed by atoms with Gasteiger partial charge in [-0.1, -0.05) is 18.2 Å². The number of hydrogen-bond acceptors (Lipinski definition) is 3. The minimum Gasteiger partial charge on any atom is -0.392 e. The summed E-state index contributed by atoms with van der Waals surface area (Å²) in [5, 5.41) is 9.17. The van der Waals surface area contributed by atoms with Crippen LogP contribution in [-0.4, -0.2) is 13.5 Å². The molecule has 2 rings (SSSR count). The highest BCUT2D eigenvalue weighted by Crippen LogP contribution is 2.33. The first-order chi connectivity index (χ1) is 9.85. The molecule has 0 fully saturated rings. The molecule has 0 saturated carbocycles. The lowest BCUT2D eigenvalue weighted by Crippen LogP contribution is -2.15. The number of sulfonamides is 1. The number of aliphatic hydroxyl groups is 1. The first kappa shape index (κ1) is 16.5. The summed E-state index contributed by atoms with van der Waals surface area (Å²) in [5.74, 6) is 0. The molecule has 0 aliphatic rings. The first-order valence-electron chi connectivity index (χ1n) is 6.02. The van der Waals surface area contributed by atoms with Crippen LogP contribution in [0.5, 0.6) is 0 Å². The maximum absolute atomic E-state index is 12.6. The van der Waals surface area contributed by atoms with Crippen LogP contribution in [0.15, 0.2) is 50.2 Å². The van der Waals surface area contributed by atoms with Gasteiger partial charge in [0.25, 0.3) is 10.0 Å². The lowest BCUT2D eigenvalue weighted by molar-refractivity contribution is 0.281. The van der Waals surface area contributed by atoms with E-state index in [2.05, 4.69) is 36.6 Å². The molecule has 7 heteroatoms. The van der Waals surface area contributed by atoms with Gasteiger partial charge in [-0.2, -0.15) is 0 Å². The van der Waals surface area contributed by atoms with E-state index in [4.69, 9.17) is 5.11 Å². The summed E-state index contributed by atoms with van der Waals surface area (Å²) in [4.78, 5) is 0.150. The monoisotopic (exact) mass is 433 g/mol. The van der Waals surface area contributed by atoms with Gasteiger partial charge < -0.3 is 5.11 Å². The van der Waals surface area contributed by atoms with Gasteiger partial charge in [-0.05, 0) is 68.1 Å². The highest BCUT2D eigenvalue weighted by atomic mass is 79.9. The molecule has 2 aromatic rings. The van der Waals surface area contributed by atoms with Crippen molar-refractivity contribution in [2.75, 3.05) is 4.72 Å². The number of anilines is 1. The molecule has 2 aromatic carbocycles. The molecule has 4 nitrogen and oxygen atoms in total. The van der Waals surface area contributed by atoms with Gasteiger partial charge in [-0.3, -0.25) is 4.72 Å². The molecule has 21 heavy (non-hydrogen) atoms. The third-order valence-corrected chi connectivity index (χ3v) is 5.74. The zero-order valence-corrected chi connectivity index (χ0v) is 15.1. The van der Waals surface area contributed by atoms with Crippen molar-refractivity contribution in [1.29, 1.82) is 0 Å². The Morgan fingerprint density at radius 3 is 2.33 bits per heavy atom. The molecule has 0 unspecified atom stereocenters. The normalized spacial score (nSPS) is 11.4. The fourth-order valence-corrected chi connectivity index (χ4v) is 4.67. The SMILES string of the molecule is Cc1ccc(CO)cc1S(=O)(=O)Nc1c(Br)cccc1Br. The Labute approximate surface area is 140 Å². The molecular weight excluding hydrogens is 422 g/mol. The van der Waals surface area contributed by atoms with Crippen LogP contribution in [0.25, 0.3) is 0 Å². The molecule has 0 saturated heterocycles. The fourth-order valence-electron chi connectivity index (χ4n) is 1.82. The van der Waals surface area contributed by atoms with Crippen LogP contribution >= 0.6 is 31.9 Å². The molecular formula is C14H13Br2NO3S. The van der Waals surface area contributed by atoms with Crippen LogP contribution in [0.1, 0.15) is 11.1 Å². The third kappa shape index (κ3) is 3.66. The van der Waals surface area contributed by atoms with Crippen LogP contribution in [0, 0.1) is 6.92 Å². The molecule has 0 radical (unpaired) electrons. The van der Waals surface area contributed by atoms with E-state index in [1.807, 2.05) is 0 Å². The van der Waals surface area contributed by atoms with E-state index in [1.165, 1.54) is 6.07 Å². The summed E-state index contributed by atoms with van der Waals surface area (Å²) in [6.45, 7) is 1.51. The Morgan fingerprint density at radius 1 is 1.14 bits per heavy atom. The Bertz CT molecular complexity index is 756. The lowest BCUT2D eigenvalue weighted by atomic mass is 10.2. The van der Waals surface area contributed by atoms with Crippen LogP contribution in [-0.2, 0) is 16.6 Å². The summed E-state index contributed by atoms with van der Waals surface area (Å²) in [7, 11) is -3.74. The summed E-state index contributed by atoms with van der Waals surface area (Å²) >= 11 is 6.64. The number of aliphatic hydroxyl groups excluding tert-OH is 1. The van der Waals surface area contributed by atoms with E-state index in [-0.39, 0.29) is 11.5 Å². The summed E-state index contributed by atoms with van der Waals surface area (Å²) in [5.41, 5.74) is 1.60. The molecule has 0 bridgehead atoms. The van der Waals surface area contributed by atoms with Gasteiger partial charge in [0.2, 0.25) is 0 Å². The summed E-state index contributed by atoms with van der Waals surface area (Å²) < 4.78 is 29.0. The van der Waals surface area contributed by atoms with E-state index >= 15 is 0 Å². The van der Waals surface area contributed by atoms with Crippen molar-refractivity contribution in [3.8, 4) is 0 Å². The lowest BCUT2D eigenvalue weighted by Gasteiger charge is -2.14. The minimum atomic E-state index is -3.74. The Hall–Kier alpha value is -0.890. The number of benzene rings is 2. The molecule has 0 aliphatic carbocycles. The van der Waals surface area contributed by atoms with Gasteiger partial charge in [0.1, 0.15) is 0 Å². The first-order valence-corrected chi connectivity index (χ1v) is 9.09. The number of nitrogens with one attached hydrogen (secondary N) is 1. The van der Waals surface area contributed by atoms with Crippen molar-refractivity contribution in [3.63, 3.8) is 0 Å². The second-order valence-corrected chi connectivity index (χ2v) is 7.82. The number of aryl methyl sites for hydroxylation is 1. The Balaban J connectivity index is 2.48. The van der Waals surface area contributed by atoms with Crippen molar-refractivity contribution < 1.29 is 13.5 Å². The number of rotatable bonds is 4. The Morgan fingerprint density at radius 2 is 1.76 bits per heavy atom. The van der Waals surface area contributed by atoms with Crippen molar-refractivity contribution in [2.24, 2.45) is 0 Å². The van der Waals surface area contributed by atoms with E-state index < -0.39 is 10.0 Å². The van der Waals surface area contributed by atoms with Gasteiger partial charge in [0.15, 0.2) is 0 Å². The predicted molar refractivity (Wildman–Crippen MR) is 89.8 cm³/mol. The van der Waals surface area contributed by atoms with Crippen LogP contribution in [0.2, 0.25) is 0 Å². The van der Waals surface area contributed by atoms with Crippen LogP contribution in [0.3, 0.4) is 0 Å². The molecule has 0 spiro atoms. The van der Waals surface area contributed by atoms with Crippen LogP contribution in [0.4, 0.5) is 5.69 Å². The van der Waals surface area contributed by atoms with Crippen molar-refractivity contribution in [1.82, 2.24) is 0 Å². The number of halogens is 2. The zero-order chi connectivity index (χ0) is 15.6. The third-order valence-electron chi connectivity index (χ3n) is 2.92. The fraction of sp³-hybridized carbons (Fsp3) is 0.143. The zero-order valence-electron chi connectivity index (χ0n) is 11.1. The maximum atomic E-state index is 12.6. The number of para-hydroxylation sites is 1. The smallest absolute Gasteiger partial charge is 0.262 e. The predicted octanol–water partition coefficient (Wildman–Crippen LogP) is 3.81. The Kier molecular flexibility index (Phi) is 5.08. The van der Waals surface area contributed by atoms with Crippen molar-refractivity contribution in [2.45, 2.75) is 18.4 Å². The van der Waals surface area contributed by atoms with Gasteiger partial charge in [0, 0.05) is 8.95 Å². The molecule has 0 aliphatic heterocycles. The second kappa shape index (κ2) is 6.48. The molecule has 2 N–H and O–H groups in total. The van der Waals surface area contributed by atoms with Gasteiger partial charge >= 0.3 is 0 Å². The molecule has 0 atom stereocenters. The quantitative estimate of drug-likeness (QED) is 0.768. The topological polar surface area (TPSA) is 66.4 Å². The van der Waals surface area contributed by atoms with Crippen molar-refractivity contribution in [3.05, 3.63) is 56.5 Å². The van der Waals surface area contributed by atoms with E-state index in [9.17, 15) is 8.42 Å².